The fourth-order valence-corrected chi connectivity index (χ4v) is 3.65. The van der Waals surface area contributed by atoms with Crippen molar-refractivity contribution in [2.24, 2.45) is 0 Å². The molecule has 2 aromatic carbocycles. The number of nitrogens with zero attached hydrogens (tertiary/aromatic N) is 1. The number of halogens is 1. The Morgan fingerprint density at radius 2 is 1.61 bits per heavy atom. The lowest BCUT2D eigenvalue weighted by Crippen LogP contribution is -2.51. The SMILES string of the molecule is OC(O)CCC[N+]1(O)CCC[C@H]1COc1ccc(Oc2ccc(Cl)cc2)cc1. The molecule has 2 aromatic rings. The lowest BCUT2D eigenvalue weighted by molar-refractivity contribution is -1.11. The van der Waals surface area contributed by atoms with Crippen molar-refractivity contribution in [3.05, 3.63) is 53.6 Å². The summed E-state index contributed by atoms with van der Waals surface area (Å²) < 4.78 is 11.6. The quantitative estimate of drug-likeness (QED) is 0.432. The van der Waals surface area contributed by atoms with Crippen LogP contribution < -0.4 is 9.47 Å². The van der Waals surface area contributed by atoms with Gasteiger partial charge >= 0.3 is 0 Å². The van der Waals surface area contributed by atoms with Gasteiger partial charge in [-0.1, -0.05) is 11.6 Å². The van der Waals surface area contributed by atoms with Gasteiger partial charge in [0.05, 0.1) is 0 Å². The first-order valence-electron chi connectivity index (χ1n) is 9.56. The van der Waals surface area contributed by atoms with Gasteiger partial charge in [-0.15, -0.1) is 0 Å². The molecule has 6 nitrogen and oxygen atoms in total. The van der Waals surface area contributed by atoms with Gasteiger partial charge in [0.15, 0.2) is 12.3 Å². The minimum atomic E-state index is -1.32. The Bertz CT molecular complexity index is 737. The zero-order valence-corrected chi connectivity index (χ0v) is 16.5. The fourth-order valence-electron chi connectivity index (χ4n) is 3.52. The van der Waals surface area contributed by atoms with Crippen LogP contribution in [-0.4, -0.2) is 52.1 Å². The maximum absolute atomic E-state index is 10.8. The van der Waals surface area contributed by atoms with E-state index < -0.39 is 6.29 Å². The Kier molecular flexibility index (Phi) is 7.15. The summed E-state index contributed by atoms with van der Waals surface area (Å²) >= 11 is 5.87. The summed E-state index contributed by atoms with van der Waals surface area (Å²) in [5, 5.41) is 29.5. The number of hydrogen-bond acceptors (Lipinski definition) is 5. The Labute approximate surface area is 170 Å². The summed E-state index contributed by atoms with van der Waals surface area (Å²) in [5.41, 5.74) is 0. The molecule has 0 amide bonds. The molecule has 2 atom stereocenters. The Balaban J connectivity index is 1.50. The third-order valence-electron chi connectivity index (χ3n) is 5.09. The van der Waals surface area contributed by atoms with Crippen LogP contribution in [-0.2, 0) is 0 Å². The zero-order valence-electron chi connectivity index (χ0n) is 15.7. The third-order valence-corrected chi connectivity index (χ3v) is 5.34. The molecule has 7 heteroatoms. The summed E-state index contributed by atoms with van der Waals surface area (Å²) in [6.45, 7) is 1.58. The van der Waals surface area contributed by atoms with Crippen LogP contribution >= 0.6 is 11.6 Å². The van der Waals surface area contributed by atoms with Crippen molar-refractivity contribution in [2.45, 2.75) is 38.0 Å². The van der Waals surface area contributed by atoms with E-state index in [2.05, 4.69) is 0 Å². The molecular weight excluding hydrogens is 382 g/mol. The van der Waals surface area contributed by atoms with Crippen molar-refractivity contribution in [1.29, 1.82) is 0 Å². The van der Waals surface area contributed by atoms with Crippen LogP contribution in [0.5, 0.6) is 17.2 Å². The van der Waals surface area contributed by atoms with Gasteiger partial charge in [-0.05, 0) is 48.5 Å². The average Bonchev–Trinajstić information content (AvgIpc) is 3.03. The first-order chi connectivity index (χ1) is 13.4. The van der Waals surface area contributed by atoms with Gasteiger partial charge in [0.1, 0.15) is 36.9 Å². The van der Waals surface area contributed by atoms with Crippen LogP contribution in [0.15, 0.2) is 48.5 Å². The second kappa shape index (κ2) is 9.58. The predicted molar refractivity (Wildman–Crippen MR) is 106 cm³/mol. The normalized spacial score (nSPS) is 21.8. The minimum Gasteiger partial charge on any atom is -0.487 e. The third kappa shape index (κ3) is 5.83. The number of likely N-dealkylation sites (tertiary alicyclic amines) is 1. The van der Waals surface area contributed by atoms with Gasteiger partial charge < -0.3 is 19.7 Å². The molecule has 0 spiro atoms. The average molecular weight is 409 g/mol. The first-order valence-corrected chi connectivity index (χ1v) is 9.94. The zero-order chi connectivity index (χ0) is 20.0. The lowest BCUT2D eigenvalue weighted by atomic mass is 10.2. The van der Waals surface area contributed by atoms with E-state index in [-0.39, 0.29) is 17.1 Å². The topological polar surface area (TPSA) is 79.2 Å². The Morgan fingerprint density at radius 1 is 1.00 bits per heavy atom. The molecule has 152 valence electrons. The van der Waals surface area contributed by atoms with Crippen molar-refractivity contribution in [3.8, 4) is 17.2 Å². The standard InChI is InChI=1S/C21H27ClNO5/c22-16-5-7-19(8-6-16)28-20-11-9-18(10-12-20)27-15-17-3-1-13-23(17,26)14-2-4-21(24)25/h5-12,17,21,24-26H,1-4,13-15H2/q+1/t17-,23?/m0/s1. The number of hydroxylamine groups is 3. The highest BCUT2D eigenvalue weighted by atomic mass is 35.5. The predicted octanol–water partition coefficient (Wildman–Crippen LogP) is 3.97. The van der Waals surface area contributed by atoms with E-state index in [9.17, 15) is 5.21 Å². The van der Waals surface area contributed by atoms with E-state index in [4.69, 9.17) is 31.3 Å². The van der Waals surface area contributed by atoms with Crippen LogP contribution in [0.1, 0.15) is 25.7 Å². The summed E-state index contributed by atoms with van der Waals surface area (Å²) in [5.74, 6) is 2.12. The molecule has 1 aliphatic heterocycles. The van der Waals surface area contributed by atoms with Crippen molar-refractivity contribution >= 4 is 11.6 Å². The monoisotopic (exact) mass is 408 g/mol. The number of rotatable bonds is 9. The number of benzene rings is 2. The lowest BCUT2D eigenvalue weighted by Gasteiger charge is -2.31. The highest BCUT2D eigenvalue weighted by Crippen LogP contribution is 2.28. The van der Waals surface area contributed by atoms with Crippen LogP contribution in [0.3, 0.4) is 0 Å². The van der Waals surface area contributed by atoms with E-state index in [0.29, 0.717) is 48.4 Å². The molecule has 0 radical (unpaired) electrons. The van der Waals surface area contributed by atoms with E-state index in [1.165, 1.54) is 0 Å². The largest absolute Gasteiger partial charge is 0.487 e. The maximum Gasteiger partial charge on any atom is 0.153 e. The minimum absolute atomic E-state index is 0.0131. The van der Waals surface area contributed by atoms with E-state index in [1.54, 1.807) is 24.3 Å². The molecule has 3 N–H and O–H groups in total. The van der Waals surface area contributed by atoms with Gasteiger partial charge in [-0.3, -0.25) is 0 Å². The Morgan fingerprint density at radius 3 is 2.25 bits per heavy atom. The van der Waals surface area contributed by atoms with E-state index in [0.717, 1.165) is 12.8 Å². The van der Waals surface area contributed by atoms with Crippen LogP contribution in [0.2, 0.25) is 5.02 Å². The van der Waals surface area contributed by atoms with Gasteiger partial charge in [-0.2, -0.15) is 4.65 Å². The van der Waals surface area contributed by atoms with Gasteiger partial charge in [0, 0.05) is 30.7 Å². The van der Waals surface area contributed by atoms with Crippen molar-refractivity contribution in [1.82, 2.24) is 0 Å². The smallest absolute Gasteiger partial charge is 0.153 e. The molecule has 1 unspecified atom stereocenters. The van der Waals surface area contributed by atoms with E-state index >= 15 is 0 Å². The molecule has 0 saturated carbocycles. The van der Waals surface area contributed by atoms with Crippen molar-refractivity contribution in [3.63, 3.8) is 0 Å². The molecule has 1 saturated heterocycles. The van der Waals surface area contributed by atoms with Gasteiger partial charge in [0.2, 0.25) is 0 Å². The fraction of sp³-hybridized carbons (Fsp3) is 0.429. The molecule has 0 bridgehead atoms. The number of hydrogen-bond donors (Lipinski definition) is 3. The molecule has 0 aromatic heterocycles. The number of ether oxygens (including phenoxy) is 2. The molecular formula is C21H27ClNO5+. The summed E-state index contributed by atoms with van der Waals surface area (Å²) in [4.78, 5) is 0. The summed E-state index contributed by atoms with van der Waals surface area (Å²) in [7, 11) is 0. The molecule has 3 rings (SSSR count). The van der Waals surface area contributed by atoms with Crippen LogP contribution in [0.4, 0.5) is 0 Å². The summed E-state index contributed by atoms with van der Waals surface area (Å²) in [6.07, 6.45) is 1.32. The van der Waals surface area contributed by atoms with Gasteiger partial charge in [0.25, 0.3) is 0 Å². The Hall–Kier alpha value is -1.83. The van der Waals surface area contributed by atoms with Crippen LogP contribution in [0, 0.1) is 0 Å². The number of quaternary nitrogens is 1. The maximum atomic E-state index is 10.8. The highest BCUT2D eigenvalue weighted by molar-refractivity contribution is 6.30. The first kappa shape index (κ1) is 20.9. The summed E-state index contributed by atoms with van der Waals surface area (Å²) in [6, 6.07) is 14.5. The van der Waals surface area contributed by atoms with Gasteiger partial charge in [-0.25, -0.2) is 5.21 Å². The molecule has 1 fully saturated rings. The molecule has 1 aliphatic rings. The number of aliphatic hydroxyl groups is 2. The van der Waals surface area contributed by atoms with Crippen molar-refractivity contribution in [2.75, 3.05) is 19.7 Å². The van der Waals surface area contributed by atoms with E-state index in [1.807, 2.05) is 24.3 Å². The molecule has 28 heavy (non-hydrogen) atoms. The second-order valence-corrected chi connectivity index (χ2v) is 7.63. The number of aliphatic hydroxyl groups excluding tert-OH is 1. The second-order valence-electron chi connectivity index (χ2n) is 7.19. The molecule has 0 aliphatic carbocycles. The van der Waals surface area contributed by atoms with Crippen molar-refractivity contribution < 1.29 is 29.5 Å². The molecule has 1 heterocycles. The van der Waals surface area contributed by atoms with Crippen LogP contribution in [0.25, 0.3) is 0 Å². The highest BCUT2D eigenvalue weighted by Gasteiger charge is 2.41.